The number of rotatable bonds is 1. The van der Waals surface area contributed by atoms with E-state index < -0.39 is 6.04 Å². The maximum atomic E-state index is 12.0. The van der Waals surface area contributed by atoms with Gasteiger partial charge in [0.05, 0.1) is 10.7 Å². The van der Waals surface area contributed by atoms with E-state index in [9.17, 15) is 9.59 Å². The van der Waals surface area contributed by atoms with Crippen LogP contribution in [0.3, 0.4) is 0 Å². The van der Waals surface area contributed by atoms with E-state index in [1.54, 1.807) is 13.0 Å². The van der Waals surface area contributed by atoms with Gasteiger partial charge in [0.25, 0.3) is 0 Å². The van der Waals surface area contributed by atoms with Crippen LogP contribution in [0.5, 0.6) is 0 Å². The van der Waals surface area contributed by atoms with E-state index in [0.717, 1.165) is 5.56 Å². The van der Waals surface area contributed by atoms with Crippen LogP contribution in [0.1, 0.15) is 12.5 Å². The molecule has 1 aliphatic rings. The van der Waals surface area contributed by atoms with Gasteiger partial charge >= 0.3 is 0 Å². The maximum absolute atomic E-state index is 12.0. The normalized spacial score (nSPS) is 20.4. The van der Waals surface area contributed by atoms with Crippen molar-refractivity contribution < 1.29 is 9.59 Å². The Hall–Kier alpha value is -1.55. The highest BCUT2D eigenvalue weighted by Gasteiger charge is 2.31. The first-order valence-electron chi connectivity index (χ1n) is 5.36. The highest BCUT2D eigenvalue weighted by molar-refractivity contribution is 6.34. The molecule has 1 atom stereocenters. The Bertz CT molecular complexity index is 487. The Morgan fingerprint density at radius 1 is 1.41 bits per heavy atom. The van der Waals surface area contributed by atoms with E-state index in [-0.39, 0.29) is 18.4 Å². The number of amides is 2. The fourth-order valence-corrected chi connectivity index (χ4v) is 2.06. The molecule has 17 heavy (non-hydrogen) atoms. The number of carbonyl (C=O) groups excluding carboxylic acids is 2. The van der Waals surface area contributed by atoms with Crippen LogP contribution in [-0.4, -0.2) is 24.4 Å². The van der Waals surface area contributed by atoms with Crippen molar-refractivity contribution in [1.29, 1.82) is 0 Å². The van der Waals surface area contributed by atoms with E-state index in [1.807, 2.05) is 19.1 Å². The zero-order valence-electron chi connectivity index (χ0n) is 9.66. The van der Waals surface area contributed by atoms with Crippen LogP contribution in [0.25, 0.3) is 0 Å². The Labute approximate surface area is 105 Å². The summed E-state index contributed by atoms with van der Waals surface area (Å²) < 4.78 is 0. The Kier molecular flexibility index (Phi) is 3.07. The minimum atomic E-state index is -0.507. The van der Waals surface area contributed by atoms with Crippen LogP contribution in [-0.2, 0) is 9.59 Å². The first kappa shape index (κ1) is 11.9. The van der Waals surface area contributed by atoms with Gasteiger partial charge in [0.15, 0.2) is 0 Å². The van der Waals surface area contributed by atoms with Crippen molar-refractivity contribution in [1.82, 2.24) is 5.32 Å². The lowest BCUT2D eigenvalue weighted by molar-refractivity contribution is -0.130. The summed E-state index contributed by atoms with van der Waals surface area (Å²) in [6, 6.07) is 4.90. The third-order valence-electron chi connectivity index (χ3n) is 2.71. The number of hydrogen-bond donors (Lipinski definition) is 1. The smallest absolute Gasteiger partial charge is 0.249 e. The molecule has 1 aromatic rings. The van der Waals surface area contributed by atoms with Gasteiger partial charge in [0.2, 0.25) is 11.8 Å². The number of halogens is 1. The number of carbonyl (C=O) groups is 2. The molecule has 0 radical (unpaired) electrons. The molecule has 1 aliphatic heterocycles. The van der Waals surface area contributed by atoms with Crippen LogP contribution in [0.2, 0.25) is 5.02 Å². The minimum Gasteiger partial charge on any atom is -0.343 e. The van der Waals surface area contributed by atoms with Gasteiger partial charge in [-0.15, -0.1) is 0 Å². The monoisotopic (exact) mass is 252 g/mol. The molecule has 1 unspecified atom stereocenters. The summed E-state index contributed by atoms with van der Waals surface area (Å²) in [5, 5.41) is 3.07. The van der Waals surface area contributed by atoms with Crippen molar-refractivity contribution in [2.45, 2.75) is 19.9 Å². The predicted molar refractivity (Wildman–Crippen MR) is 66.1 cm³/mol. The molecule has 0 aliphatic carbocycles. The fourth-order valence-electron chi connectivity index (χ4n) is 1.84. The minimum absolute atomic E-state index is 0.0202. The summed E-state index contributed by atoms with van der Waals surface area (Å²) in [5.41, 5.74) is 1.59. The fraction of sp³-hybridized carbons (Fsp3) is 0.333. The van der Waals surface area contributed by atoms with Gasteiger partial charge < -0.3 is 5.32 Å². The van der Waals surface area contributed by atoms with Crippen molar-refractivity contribution in [3.63, 3.8) is 0 Å². The van der Waals surface area contributed by atoms with Crippen LogP contribution in [0, 0.1) is 6.92 Å². The van der Waals surface area contributed by atoms with E-state index in [0.29, 0.717) is 10.7 Å². The van der Waals surface area contributed by atoms with Gasteiger partial charge in [-0.25, -0.2) is 0 Å². The lowest BCUT2D eigenvalue weighted by Gasteiger charge is -2.31. The molecule has 2 amide bonds. The second-order valence-corrected chi connectivity index (χ2v) is 4.58. The Morgan fingerprint density at radius 2 is 2.12 bits per heavy atom. The molecule has 1 N–H and O–H groups in total. The lowest BCUT2D eigenvalue weighted by atomic mass is 10.1. The molecular formula is C12H13ClN2O2. The number of benzene rings is 1. The largest absolute Gasteiger partial charge is 0.343 e. The standard InChI is InChI=1S/C12H13ClN2O2/c1-7-3-4-9(13)10(5-7)15-6-11(16)14-8(2)12(15)17/h3-5,8H,6H2,1-2H3,(H,14,16). The molecule has 1 fully saturated rings. The number of anilines is 1. The summed E-state index contributed by atoms with van der Waals surface area (Å²) in [5.74, 6) is -0.313. The summed E-state index contributed by atoms with van der Waals surface area (Å²) >= 11 is 6.06. The van der Waals surface area contributed by atoms with Crippen LogP contribution in [0.15, 0.2) is 18.2 Å². The van der Waals surface area contributed by atoms with Crippen molar-refractivity contribution in [3.8, 4) is 0 Å². The highest BCUT2D eigenvalue weighted by Crippen LogP contribution is 2.28. The molecule has 4 nitrogen and oxygen atoms in total. The van der Waals surface area contributed by atoms with E-state index >= 15 is 0 Å². The van der Waals surface area contributed by atoms with E-state index in [1.165, 1.54) is 4.90 Å². The summed E-state index contributed by atoms with van der Waals surface area (Å²) in [6.45, 7) is 3.60. The number of nitrogens with one attached hydrogen (secondary N) is 1. The number of nitrogens with zero attached hydrogens (tertiary/aromatic N) is 1. The SMILES string of the molecule is Cc1ccc(Cl)c(N2CC(=O)NC(C)C2=O)c1. The predicted octanol–water partition coefficient (Wildman–Crippen LogP) is 1.50. The van der Waals surface area contributed by atoms with Crippen LogP contribution < -0.4 is 10.2 Å². The first-order valence-corrected chi connectivity index (χ1v) is 5.73. The molecule has 90 valence electrons. The summed E-state index contributed by atoms with van der Waals surface area (Å²) in [6.07, 6.45) is 0. The Morgan fingerprint density at radius 3 is 2.82 bits per heavy atom. The van der Waals surface area contributed by atoms with Crippen molar-refractivity contribution in [3.05, 3.63) is 28.8 Å². The van der Waals surface area contributed by atoms with E-state index in [2.05, 4.69) is 5.32 Å². The van der Waals surface area contributed by atoms with Gasteiger partial charge in [-0.3, -0.25) is 14.5 Å². The van der Waals surface area contributed by atoms with Gasteiger partial charge in [0.1, 0.15) is 12.6 Å². The van der Waals surface area contributed by atoms with Gasteiger partial charge in [-0.05, 0) is 31.5 Å². The van der Waals surface area contributed by atoms with Gasteiger partial charge in [0, 0.05) is 0 Å². The molecule has 2 rings (SSSR count). The second kappa shape index (κ2) is 4.37. The third-order valence-corrected chi connectivity index (χ3v) is 3.03. The molecule has 0 bridgehead atoms. The molecule has 0 saturated carbocycles. The third kappa shape index (κ3) is 2.26. The van der Waals surface area contributed by atoms with Crippen LogP contribution in [0.4, 0.5) is 5.69 Å². The summed E-state index contributed by atoms with van der Waals surface area (Å²) in [7, 11) is 0. The molecule has 1 heterocycles. The highest BCUT2D eigenvalue weighted by atomic mass is 35.5. The average Bonchev–Trinajstić information content (AvgIpc) is 2.27. The molecule has 5 heteroatoms. The van der Waals surface area contributed by atoms with E-state index in [4.69, 9.17) is 11.6 Å². The summed E-state index contributed by atoms with van der Waals surface area (Å²) in [4.78, 5) is 24.9. The number of hydrogen-bond acceptors (Lipinski definition) is 2. The molecule has 0 spiro atoms. The van der Waals surface area contributed by atoms with Gasteiger partial charge in [-0.2, -0.15) is 0 Å². The number of aryl methyl sites for hydroxylation is 1. The molecule has 1 saturated heterocycles. The molecule has 0 aromatic heterocycles. The van der Waals surface area contributed by atoms with Crippen molar-refractivity contribution >= 4 is 29.1 Å². The zero-order chi connectivity index (χ0) is 12.6. The molecule has 1 aromatic carbocycles. The second-order valence-electron chi connectivity index (χ2n) is 4.17. The topological polar surface area (TPSA) is 49.4 Å². The quantitative estimate of drug-likeness (QED) is 0.824. The van der Waals surface area contributed by atoms with Crippen molar-refractivity contribution in [2.75, 3.05) is 11.4 Å². The first-order chi connectivity index (χ1) is 7.99. The zero-order valence-corrected chi connectivity index (χ0v) is 10.4. The average molecular weight is 253 g/mol. The van der Waals surface area contributed by atoms with Crippen LogP contribution >= 0.6 is 11.6 Å². The van der Waals surface area contributed by atoms with Crippen molar-refractivity contribution in [2.24, 2.45) is 0 Å². The molecular weight excluding hydrogens is 240 g/mol. The Balaban J connectivity index is 2.41. The van der Waals surface area contributed by atoms with Gasteiger partial charge in [-0.1, -0.05) is 17.7 Å². The maximum Gasteiger partial charge on any atom is 0.249 e. The number of piperazine rings is 1. The lowest BCUT2D eigenvalue weighted by Crippen LogP contribution is -2.57.